The number of nitrogens with zero attached hydrogens (tertiary/aromatic N) is 3. The highest BCUT2D eigenvalue weighted by atomic mass is 16.3. The molecule has 4 atom stereocenters. The van der Waals surface area contributed by atoms with Crippen molar-refractivity contribution in [2.45, 2.75) is 69.7 Å². The number of hydrogen-bond donors (Lipinski definition) is 3. The van der Waals surface area contributed by atoms with Crippen molar-refractivity contribution < 1.29 is 24.3 Å². The summed E-state index contributed by atoms with van der Waals surface area (Å²) in [7, 11) is 0. The van der Waals surface area contributed by atoms with Crippen LogP contribution in [0.2, 0.25) is 0 Å². The van der Waals surface area contributed by atoms with Gasteiger partial charge in [0, 0.05) is 56.4 Å². The molecule has 2 aliphatic carbocycles. The van der Waals surface area contributed by atoms with E-state index in [0.717, 1.165) is 82.0 Å². The minimum atomic E-state index is -0.962. The number of hydrogen-bond acceptors (Lipinski definition) is 8. The SMILES string of the molecule is CC1([C@@H]2c3ccc(O)cc3CC[C@@H]2c2ccccc2)C=CC(N2CCN(CCCCNc3ccc4c(c3)C(=O)N(C3CCC(=O)NC3=O)C4=O)CC2)=CC1. The van der Waals surface area contributed by atoms with E-state index < -0.39 is 23.8 Å². The standard InChI is InChI=1S/C44H49N5O5/c1-44(40-34(29-7-3-2-4-8-29)12-9-30-27-33(50)11-14-35(30)40)19-17-32(18-20-44)48-25-23-47(24-26-48)22-6-5-21-45-31-10-13-36-37(28-31)43(54)49(42(36)53)38-15-16-39(51)46-41(38)52/h2-4,7-8,10-11,13-14,17-19,27-28,34,38,40,45,50H,5-6,9,12,15-16,20-26H2,1H3,(H,46,51,52)/t34-,38?,40+,44?/m1/s1. The molecule has 3 aliphatic heterocycles. The molecule has 4 amide bonds. The Bertz CT molecular complexity index is 2020. The number of piperazine rings is 1. The van der Waals surface area contributed by atoms with E-state index in [0.29, 0.717) is 17.6 Å². The molecule has 8 rings (SSSR count). The van der Waals surface area contributed by atoms with Crippen LogP contribution in [-0.2, 0) is 16.0 Å². The first-order valence-corrected chi connectivity index (χ1v) is 19.5. The molecule has 3 aromatic carbocycles. The Labute approximate surface area is 316 Å². The van der Waals surface area contributed by atoms with Gasteiger partial charge < -0.3 is 15.3 Å². The maximum atomic E-state index is 13.2. The number of allylic oxidation sites excluding steroid dienone is 3. The van der Waals surface area contributed by atoms with Crippen LogP contribution < -0.4 is 10.6 Å². The second-order valence-corrected chi connectivity index (χ2v) is 15.8. The number of anilines is 1. The van der Waals surface area contributed by atoms with Crippen LogP contribution >= 0.6 is 0 Å². The fraction of sp³-hybridized carbons (Fsp3) is 0.409. The molecular weight excluding hydrogens is 679 g/mol. The fourth-order valence-electron chi connectivity index (χ4n) is 9.39. The molecule has 0 spiro atoms. The molecule has 10 nitrogen and oxygen atoms in total. The summed E-state index contributed by atoms with van der Waals surface area (Å²) in [6.45, 7) is 8.23. The van der Waals surface area contributed by atoms with E-state index in [2.05, 4.69) is 82.0 Å². The van der Waals surface area contributed by atoms with E-state index in [9.17, 15) is 24.3 Å². The third-order valence-electron chi connectivity index (χ3n) is 12.3. The quantitative estimate of drug-likeness (QED) is 0.173. The molecule has 3 aromatic rings. The van der Waals surface area contributed by atoms with E-state index in [1.807, 2.05) is 12.1 Å². The fourth-order valence-corrected chi connectivity index (χ4v) is 9.39. The predicted molar refractivity (Wildman–Crippen MR) is 207 cm³/mol. The molecule has 0 aromatic heterocycles. The van der Waals surface area contributed by atoms with Crippen LogP contribution in [0.25, 0.3) is 0 Å². The number of carbonyl (C=O) groups is 4. The van der Waals surface area contributed by atoms with Gasteiger partial charge in [0.1, 0.15) is 11.8 Å². The third kappa shape index (κ3) is 6.95. The molecule has 2 fully saturated rings. The molecule has 0 saturated carbocycles. The molecule has 280 valence electrons. The second-order valence-electron chi connectivity index (χ2n) is 15.8. The number of amides is 4. The molecule has 2 saturated heterocycles. The number of phenols is 1. The Kier molecular flexibility index (Phi) is 9.87. The van der Waals surface area contributed by atoms with Gasteiger partial charge in [-0.2, -0.15) is 0 Å². The maximum absolute atomic E-state index is 13.2. The van der Waals surface area contributed by atoms with Gasteiger partial charge in [-0.15, -0.1) is 0 Å². The smallest absolute Gasteiger partial charge is 0.262 e. The first-order valence-electron chi connectivity index (χ1n) is 19.5. The molecule has 54 heavy (non-hydrogen) atoms. The summed E-state index contributed by atoms with van der Waals surface area (Å²) in [6, 6.07) is 21.1. The van der Waals surface area contributed by atoms with Crippen molar-refractivity contribution in [1.82, 2.24) is 20.0 Å². The molecular formula is C44H49N5O5. The van der Waals surface area contributed by atoms with Crippen LogP contribution in [-0.4, -0.2) is 88.7 Å². The molecule has 5 aliphatic rings. The van der Waals surface area contributed by atoms with Gasteiger partial charge in [0.15, 0.2) is 0 Å². The zero-order chi connectivity index (χ0) is 37.4. The molecule has 0 radical (unpaired) electrons. The summed E-state index contributed by atoms with van der Waals surface area (Å²) in [5, 5.41) is 15.9. The molecule has 10 heteroatoms. The lowest BCUT2D eigenvalue weighted by Gasteiger charge is -2.46. The van der Waals surface area contributed by atoms with Crippen molar-refractivity contribution in [3.05, 3.63) is 118 Å². The number of phenolic OH excluding ortho intramolecular Hbond substituents is 1. The summed E-state index contributed by atoms with van der Waals surface area (Å²) >= 11 is 0. The van der Waals surface area contributed by atoms with Crippen molar-refractivity contribution in [3.8, 4) is 5.75 Å². The van der Waals surface area contributed by atoms with Gasteiger partial charge in [0.25, 0.3) is 11.8 Å². The van der Waals surface area contributed by atoms with Crippen LogP contribution in [0.1, 0.15) is 94.7 Å². The molecule has 3 N–H and O–H groups in total. The zero-order valence-corrected chi connectivity index (χ0v) is 30.9. The van der Waals surface area contributed by atoms with Crippen LogP contribution in [0, 0.1) is 5.41 Å². The Morgan fingerprint density at radius 2 is 1.67 bits per heavy atom. The number of nitrogens with one attached hydrogen (secondary N) is 2. The Balaban J connectivity index is 0.806. The highest BCUT2D eigenvalue weighted by molar-refractivity contribution is 6.23. The summed E-state index contributed by atoms with van der Waals surface area (Å²) in [4.78, 5) is 56.1. The van der Waals surface area contributed by atoms with Gasteiger partial charge in [0.05, 0.1) is 11.1 Å². The van der Waals surface area contributed by atoms with Crippen LogP contribution in [0.4, 0.5) is 5.69 Å². The number of aromatic hydroxyl groups is 1. The second kappa shape index (κ2) is 14.9. The number of aryl methyl sites for hydroxylation is 1. The highest BCUT2D eigenvalue weighted by Crippen LogP contribution is 2.55. The van der Waals surface area contributed by atoms with Crippen molar-refractivity contribution in [3.63, 3.8) is 0 Å². The van der Waals surface area contributed by atoms with E-state index in [1.165, 1.54) is 22.4 Å². The third-order valence-corrected chi connectivity index (χ3v) is 12.3. The maximum Gasteiger partial charge on any atom is 0.262 e. The largest absolute Gasteiger partial charge is 0.508 e. The van der Waals surface area contributed by atoms with Crippen molar-refractivity contribution in [2.24, 2.45) is 5.41 Å². The lowest BCUT2D eigenvalue weighted by atomic mass is 9.59. The number of imide groups is 2. The Hall–Kier alpha value is -5.22. The van der Waals surface area contributed by atoms with Crippen LogP contribution in [0.3, 0.4) is 0 Å². The minimum Gasteiger partial charge on any atom is -0.508 e. The summed E-state index contributed by atoms with van der Waals surface area (Å²) in [5.41, 5.74) is 6.68. The summed E-state index contributed by atoms with van der Waals surface area (Å²) < 4.78 is 0. The van der Waals surface area contributed by atoms with E-state index in [1.54, 1.807) is 18.2 Å². The van der Waals surface area contributed by atoms with E-state index in [4.69, 9.17) is 0 Å². The predicted octanol–water partition coefficient (Wildman–Crippen LogP) is 5.97. The van der Waals surface area contributed by atoms with E-state index >= 15 is 0 Å². The van der Waals surface area contributed by atoms with Crippen molar-refractivity contribution in [1.29, 1.82) is 0 Å². The monoisotopic (exact) mass is 727 g/mol. The van der Waals surface area contributed by atoms with Gasteiger partial charge in [-0.25, -0.2) is 0 Å². The lowest BCUT2D eigenvalue weighted by molar-refractivity contribution is -0.136. The number of piperidine rings is 1. The number of fused-ring (bicyclic) bond motifs is 2. The summed E-state index contributed by atoms with van der Waals surface area (Å²) in [5.74, 6) is -0.868. The normalized spacial score (nSPS) is 25.6. The minimum absolute atomic E-state index is 0.0328. The van der Waals surface area contributed by atoms with Gasteiger partial charge in [0.2, 0.25) is 11.8 Å². The molecule has 2 unspecified atom stereocenters. The van der Waals surface area contributed by atoms with Crippen LogP contribution in [0.5, 0.6) is 5.75 Å². The highest BCUT2D eigenvalue weighted by Gasteiger charge is 2.45. The topological polar surface area (TPSA) is 122 Å². The number of rotatable bonds is 10. The number of carbonyl (C=O) groups excluding carboxylic acids is 4. The van der Waals surface area contributed by atoms with Crippen molar-refractivity contribution >= 4 is 29.3 Å². The lowest BCUT2D eigenvalue weighted by Crippen LogP contribution is -2.54. The van der Waals surface area contributed by atoms with Gasteiger partial charge in [-0.1, -0.05) is 55.5 Å². The molecule has 3 heterocycles. The Morgan fingerprint density at radius 1 is 0.870 bits per heavy atom. The number of benzene rings is 3. The molecule has 0 bridgehead atoms. The zero-order valence-electron chi connectivity index (χ0n) is 30.9. The summed E-state index contributed by atoms with van der Waals surface area (Å²) in [6.07, 6.45) is 12.6. The first kappa shape index (κ1) is 35.8. The number of unbranched alkanes of at least 4 members (excludes halogenated alkanes) is 1. The van der Waals surface area contributed by atoms with Crippen LogP contribution in [0.15, 0.2) is 90.7 Å². The van der Waals surface area contributed by atoms with Gasteiger partial charge in [-0.05, 0) is 110 Å². The van der Waals surface area contributed by atoms with E-state index in [-0.39, 0.29) is 35.3 Å². The van der Waals surface area contributed by atoms with Gasteiger partial charge >= 0.3 is 0 Å². The van der Waals surface area contributed by atoms with Crippen molar-refractivity contribution in [2.75, 3.05) is 44.6 Å². The Morgan fingerprint density at radius 3 is 2.43 bits per heavy atom. The first-order chi connectivity index (χ1) is 26.2. The average Bonchev–Trinajstić information content (AvgIpc) is 3.43. The van der Waals surface area contributed by atoms with Gasteiger partial charge in [-0.3, -0.25) is 34.3 Å². The average molecular weight is 728 g/mol.